The lowest BCUT2D eigenvalue weighted by atomic mass is 10.2. The molecule has 0 rings (SSSR count). The van der Waals surface area contributed by atoms with Crippen molar-refractivity contribution in [1.29, 1.82) is 0 Å². The molecule has 0 fully saturated rings. The van der Waals surface area contributed by atoms with Crippen LogP contribution in [0.5, 0.6) is 0 Å². The van der Waals surface area contributed by atoms with E-state index in [1.54, 1.807) is 0 Å². The molecule has 2 amide bonds. The number of carboxylic acid groups (broad SMARTS) is 1. The molecule has 0 aromatic rings. The maximum atomic E-state index is 9.61. The lowest BCUT2D eigenvalue weighted by molar-refractivity contribution is -0.108. The van der Waals surface area contributed by atoms with Gasteiger partial charge in [-0.3, -0.25) is 4.79 Å². The van der Waals surface area contributed by atoms with Crippen LogP contribution in [-0.2, 0) is 4.79 Å². The van der Waals surface area contributed by atoms with Crippen LogP contribution >= 0.6 is 0 Å². The van der Waals surface area contributed by atoms with Crippen LogP contribution in [0.4, 0.5) is 4.79 Å². The first kappa shape index (κ1) is 6.80. The van der Waals surface area contributed by atoms with E-state index in [0.717, 1.165) is 0 Å². The number of amides is 2. The van der Waals surface area contributed by atoms with Crippen molar-refractivity contribution in [3.05, 3.63) is 0 Å². The molecule has 0 aliphatic heterocycles. The number of rotatable bonds is 3. The van der Waals surface area contributed by atoms with Crippen molar-refractivity contribution in [3.8, 4) is 0 Å². The second kappa shape index (κ2) is 3.98. The first-order chi connectivity index (χ1) is 3.77. The summed E-state index contributed by atoms with van der Waals surface area (Å²) in [6.07, 6.45) is -0.741. The van der Waals surface area contributed by atoms with Gasteiger partial charge in [-0.15, -0.1) is 0 Å². The van der Waals surface area contributed by atoms with Gasteiger partial charge in [0.2, 0.25) is 0 Å². The number of carbonyl (C=O) groups excluding carboxylic acids is 1. The van der Waals surface area contributed by atoms with Crippen molar-refractivity contribution in [2.45, 2.75) is 0 Å². The Bertz CT molecular complexity index is 95.3. The van der Waals surface area contributed by atoms with E-state index < -0.39 is 6.09 Å². The Morgan fingerprint density at radius 1 is 1.75 bits per heavy atom. The SMILES string of the molecule is O=CNBNC(=O)O. The lowest BCUT2D eigenvalue weighted by Gasteiger charge is -1.91. The van der Waals surface area contributed by atoms with Crippen LogP contribution in [0.3, 0.4) is 0 Å². The number of carbonyl (C=O) groups is 2. The molecule has 44 valence electrons. The van der Waals surface area contributed by atoms with E-state index in [0.29, 0.717) is 6.41 Å². The van der Waals surface area contributed by atoms with E-state index in [1.807, 2.05) is 5.23 Å². The molecule has 6 heteroatoms. The minimum Gasteiger partial charge on any atom is -0.466 e. The predicted octanol–water partition coefficient (Wildman–Crippen LogP) is -1.73. The number of hydrogen-bond donors (Lipinski definition) is 3. The van der Waals surface area contributed by atoms with Gasteiger partial charge in [0.25, 0.3) is 0 Å². The minimum absolute atomic E-state index is 0.0428. The van der Waals surface area contributed by atoms with Gasteiger partial charge in [-0.25, -0.2) is 4.79 Å². The summed E-state index contributed by atoms with van der Waals surface area (Å²) in [7, 11) is -0.0428. The van der Waals surface area contributed by atoms with Crippen molar-refractivity contribution in [2.24, 2.45) is 0 Å². The number of hydrogen-bond acceptors (Lipinski definition) is 2. The zero-order valence-electron chi connectivity index (χ0n) is 4.05. The molecule has 0 aromatic heterocycles. The zero-order valence-corrected chi connectivity index (χ0v) is 4.05. The Kier molecular flexibility index (Phi) is 3.38. The van der Waals surface area contributed by atoms with Gasteiger partial charge in [0.05, 0.1) is 0 Å². The molecule has 0 spiro atoms. The lowest BCUT2D eigenvalue weighted by Crippen LogP contribution is -2.35. The minimum atomic E-state index is -1.15. The molecule has 0 bridgehead atoms. The highest BCUT2D eigenvalue weighted by molar-refractivity contribution is 6.36. The molecule has 0 atom stereocenters. The summed E-state index contributed by atoms with van der Waals surface area (Å²) in [4.78, 5) is 19.0. The normalized spacial score (nSPS) is 7.00. The van der Waals surface area contributed by atoms with Crippen molar-refractivity contribution in [3.63, 3.8) is 0 Å². The third kappa shape index (κ3) is 4.80. The highest BCUT2D eigenvalue weighted by Gasteiger charge is 1.91. The fourth-order valence-corrected chi connectivity index (χ4v) is 0.168. The highest BCUT2D eigenvalue weighted by atomic mass is 16.4. The zero-order chi connectivity index (χ0) is 6.41. The summed E-state index contributed by atoms with van der Waals surface area (Å²) < 4.78 is 0. The molecule has 0 heterocycles. The second-order valence-corrected chi connectivity index (χ2v) is 0.981. The molecule has 3 N–H and O–H groups in total. The second-order valence-electron chi connectivity index (χ2n) is 0.981. The van der Waals surface area contributed by atoms with Crippen molar-refractivity contribution in [2.75, 3.05) is 0 Å². The van der Waals surface area contributed by atoms with Gasteiger partial charge < -0.3 is 15.6 Å². The van der Waals surface area contributed by atoms with Gasteiger partial charge in [0.15, 0.2) is 6.41 Å². The molecule has 0 radical (unpaired) electrons. The molecule has 0 saturated carbocycles. The molecular formula is C2H5BN2O3. The van der Waals surface area contributed by atoms with Gasteiger partial charge in [-0.2, -0.15) is 0 Å². The van der Waals surface area contributed by atoms with E-state index in [-0.39, 0.29) is 7.55 Å². The predicted molar refractivity (Wildman–Crippen MR) is 27.5 cm³/mol. The van der Waals surface area contributed by atoms with Crippen molar-refractivity contribution >= 4 is 20.1 Å². The maximum absolute atomic E-state index is 9.61. The fraction of sp³-hybridized carbons (Fsp3) is 0. The summed E-state index contributed by atoms with van der Waals surface area (Å²) in [5.74, 6) is 0. The van der Waals surface area contributed by atoms with Crippen molar-refractivity contribution < 1.29 is 14.7 Å². The molecule has 0 unspecified atom stereocenters. The first-order valence-electron chi connectivity index (χ1n) is 1.91. The molecule has 0 saturated heterocycles. The topological polar surface area (TPSA) is 78.4 Å². The van der Waals surface area contributed by atoms with Crippen LogP contribution in [0.15, 0.2) is 0 Å². The Hall–Kier alpha value is -1.20. The van der Waals surface area contributed by atoms with E-state index in [9.17, 15) is 9.59 Å². The fourth-order valence-electron chi connectivity index (χ4n) is 0.168. The van der Waals surface area contributed by atoms with Crippen LogP contribution in [0.1, 0.15) is 0 Å². The largest absolute Gasteiger partial charge is 0.466 e. The summed E-state index contributed by atoms with van der Waals surface area (Å²) in [5.41, 5.74) is 0. The Labute approximate surface area is 46.4 Å². The quantitative estimate of drug-likeness (QED) is 0.233. The molecule has 0 aromatic carbocycles. The van der Waals surface area contributed by atoms with E-state index >= 15 is 0 Å². The molecule has 0 aliphatic rings. The molecule has 8 heavy (non-hydrogen) atoms. The van der Waals surface area contributed by atoms with Gasteiger partial charge in [0.1, 0.15) is 0 Å². The van der Waals surface area contributed by atoms with Gasteiger partial charge in [-0.1, -0.05) is 0 Å². The van der Waals surface area contributed by atoms with Gasteiger partial charge in [0, 0.05) is 0 Å². The third-order valence-corrected chi connectivity index (χ3v) is 0.425. The van der Waals surface area contributed by atoms with E-state index in [4.69, 9.17) is 5.11 Å². The molecular weight excluding hydrogens is 111 g/mol. The summed E-state index contributed by atoms with van der Waals surface area (Å²) >= 11 is 0. The van der Waals surface area contributed by atoms with Gasteiger partial charge in [-0.05, 0) is 0 Å². The van der Waals surface area contributed by atoms with Crippen LogP contribution in [0.25, 0.3) is 0 Å². The first-order valence-corrected chi connectivity index (χ1v) is 1.91. The standard InChI is InChI=1S/C2H5BN2O3/c6-1-4-3-5-2(7)8/h1,3,5H,(H,4,6)(H,7,8). The Balaban J connectivity index is 2.93. The van der Waals surface area contributed by atoms with E-state index in [1.165, 1.54) is 0 Å². The highest BCUT2D eigenvalue weighted by Crippen LogP contribution is 1.50. The molecule has 0 aliphatic carbocycles. The van der Waals surface area contributed by atoms with Crippen LogP contribution in [0.2, 0.25) is 0 Å². The smallest absolute Gasteiger partial charge is 0.393 e. The molecule has 5 nitrogen and oxygen atoms in total. The monoisotopic (exact) mass is 116 g/mol. The Morgan fingerprint density at radius 3 is 2.75 bits per heavy atom. The third-order valence-electron chi connectivity index (χ3n) is 0.425. The van der Waals surface area contributed by atoms with Crippen LogP contribution in [0, 0.1) is 0 Å². The number of nitrogens with one attached hydrogen (secondary N) is 2. The average molecular weight is 116 g/mol. The average Bonchev–Trinajstić information content (AvgIpc) is 1.66. The van der Waals surface area contributed by atoms with Crippen LogP contribution in [-0.4, -0.2) is 25.2 Å². The summed E-state index contributed by atoms with van der Waals surface area (Å²) in [6.45, 7) is 0. The Morgan fingerprint density at radius 2 is 2.38 bits per heavy atom. The van der Waals surface area contributed by atoms with Crippen molar-refractivity contribution in [1.82, 2.24) is 10.5 Å². The summed E-state index contributed by atoms with van der Waals surface area (Å²) in [6, 6.07) is 0. The van der Waals surface area contributed by atoms with Crippen LogP contribution < -0.4 is 10.5 Å². The van der Waals surface area contributed by atoms with Gasteiger partial charge >= 0.3 is 13.6 Å². The van der Waals surface area contributed by atoms with E-state index in [2.05, 4.69) is 5.23 Å². The maximum Gasteiger partial charge on any atom is 0.393 e. The summed E-state index contributed by atoms with van der Waals surface area (Å²) in [5, 5.41) is 11.9.